The van der Waals surface area contributed by atoms with Crippen LogP contribution in [0.15, 0.2) is 146 Å². The van der Waals surface area contributed by atoms with Crippen molar-refractivity contribution in [1.29, 1.82) is 0 Å². The SMILES string of the molecule is C[Si](C)=[Zr].Cc1cc2c(-c3cccc4ccccc34)cccc2[cH-]1.Cc1cc2c(-c3cccc4ccccc34)cccc2[cH-]1.[Cl-]. The zero-order chi connectivity index (χ0) is 30.6. The molecule has 0 atom stereocenters. The zero-order valence-corrected chi connectivity index (χ0v) is 30.4. The molecule has 0 aliphatic carbocycles. The number of hydrogen-bond acceptors (Lipinski definition) is 0. The minimum atomic E-state index is 0. The molecule has 8 aromatic carbocycles. The average Bonchev–Trinajstić information content (AvgIpc) is 3.61. The van der Waals surface area contributed by atoms with E-state index in [9.17, 15) is 0 Å². The first-order chi connectivity index (χ1) is 21.4. The largest absolute Gasteiger partial charge is 1.00 e. The van der Waals surface area contributed by atoms with E-state index >= 15 is 0 Å². The van der Waals surface area contributed by atoms with E-state index in [-0.39, 0.29) is 17.8 Å². The Balaban J connectivity index is 0.000000156. The van der Waals surface area contributed by atoms with Crippen molar-refractivity contribution >= 4 is 48.5 Å². The number of hydrogen-bond donors (Lipinski definition) is 0. The fourth-order valence-corrected chi connectivity index (χ4v) is 6.16. The molecule has 0 aromatic heterocycles. The Bertz CT molecular complexity index is 2080. The van der Waals surface area contributed by atoms with Crippen LogP contribution in [-0.4, -0.2) is 5.43 Å². The Morgan fingerprint density at radius 3 is 1.16 bits per heavy atom. The molecule has 0 aliphatic rings. The number of rotatable bonds is 2. The van der Waals surface area contributed by atoms with Gasteiger partial charge in [0.15, 0.2) is 0 Å². The van der Waals surface area contributed by atoms with E-state index in [2.05, 4.69) is 173 Å². The second-order valence-corrected chi connectivity index (χ2v) is 21.1. The molecule has 0 nitrogen and oxygen atoms in total. The molecule has 45 heavy (non-hydrogen) atoms. The Morgan fingerprint density at radius 2 is 0.756 bits per heavy atom. The first-order valence-electron chi connectivity index (χ1n) is 15.2. The van der Waals surface area contributed by atoms with Gasteiger partial charge in [-0.1, -0.05) is 122 Å². The van der Waals surface area contributed by atoms with E-state index < -0.39 is 0 Å². The van der Waals surface area contributed by atoms with E-state index in [1.54, 1.807) is 23.3 Å². The molecular formula is C42H36ClSiZr-3. The molecule has 0 unspecified atom stereocenters. The zero-order valence-electron chi connectivity index (χ0n) is 26.2. The first kappa shape index (κ1) is 32.8. The molecule has 0 radical (unpaired) electrons. The van der Waals surface area contributed by atoms with E-state index in [0.29, 0.717) is 0 Å². The molecule has 0 aliphatic heterocycles. The van der Waals surface area contributed by atoms with Crippen LogP contribution in [0.4, 0.5) is 0 Å². The fraction of sp³-hybridized carbons (Fsp3) is 0.0952. The summed E-state index contributed by atoms with van der Waals surface area (Å²) in [6.45, 7) is 8.94. The average molecular weight is 696 g/mol. The van der Waals surface area contributed by atoms with Crippen molar-refractivity contribution < 1.29 is 35.7 Å². The second-order valence-electron chi connectivity index (χ2n) is 11.7. The van der Waals surface area contributed by atoms with Gasteiger partial charge in [-0.05, 0) is 32.7 Å². The van der Waals surface area contributed by atoms with Crippen LogP contribution in [0.2, 0.25) is 13.1 Å². The predicted molar refractivity (Wildman–Crippen MR) is 192 cm³/mol. The van der Waals surface area contributed by atoms with Crippen molar-refractivity contribution in [2.24, 2.45) is 0 Å². The molecule has 0 saturated heterocycles. The third kappa shape index (κ3) is 7.31. The number of benzene rings is 6. The summed E-state index contributed by atoms with van der Waals surface area (Å²) in [7, 11) is 0. The van der Waals surface area contributed by atoms with Crippen LogP contribution in [0.5, 0.6) is 0 Å². The van der Waals surface area contributed by atoms with Gasteiger partial charge in [0.05, 0.1) is 0 Å². The maximum absolute atomic E-state index is 2.31. The third-order valence-electron chi connectivity index (χ3n) is 7.95. The summed E-state index contributed by atoms with van der Waals surface area (Å²) >= 11 is 1.74. The molecular weight excluding hydrogens is 659 g/mol. The molecule has 0 bridgehead atoms. The first-order valence-corrected chi connectivity index (χ1v) is 21.4. The van der Waals surface area contributed by atoms with Gasteiger partial charge in [0.2, 0.25) is 0 Å². The minimum Gasteiger partial charge on any atom is -1.00 e. The van der Waals surface area contributed by atoms with Gasteiger partial charge in [-0.3, -0.25) is 0 Å². The molecule has 0 heterocycles. The molecule has 222 valence electrons. The molecule has 8 aromatic rings. The van der Waals surface area contributed by atoms with Crippen molar-refractivity contribution in [1.82, 2.24) is 0 Å². The minimum absolute atomic E-state index is 0. The third-order valence-corrected chi connectivity index (χ3v) is 7.95. The number of halogens is 1. The number of fused-ring (bicyclic) bond motifs is 4. The summed E-state index contributed by atoms with van der Waals surface area (Å²) in [5.41, 5.74) is 8.15. The van der Waals surface area contributed by atoms with Gasteiger partial charge in [0.25, 0.3) is 0 Å². The van der Waals surface area contributed by atoms with Gasteiger partial charge in [-0.2, -0.15) is 12.1 Å². The van der Waals surface area contributed by atoms with Gasteiger partial charge >= 0.3 is 41.9 Å². The van der Waals surface area contributed by atoms with E-state index in [4.69, 9.17) is 0 Å². The Morgan fingerprint density at radius 1 is 0.444 bits per heavy atom. The van der Waals surface area contributed by atoms with Crippen LogP contribution in [0.1, 0.15) is 11.1 Å². The second kappa shape index (κ2) is 14.7. The van der Waals surface area contributed by atoms with Gasteiger partial charge in [0.1, 0.15) is 0 Å². The van der Waals surface area contributed by atoms with Crippen molar-refractivity contribution in [3.8, 4) is 22.3 Å². The summed E-state index contributed by atoms with van der Waals surface area (Å²) in [5, 5.41) is 10.6. The van der Waals surface area contributed by atoms with Crippen LogP contribution >= 0.6 is 0 Å². The van der Waals surface area contributed by atoms with Crippen LogP contribution in [0.3, 0.4) is 0 Å². The molecule has 0 saturated carbocycles. The smallest absolute Gasteiger partial charge is 0.0114 e. The van der Waals surface area contributed by atoms with Crippen molar-refractivity contribution in [2.45, 2.75) is 26.9 Å². The predicted octanol–water partition coefficient (Wildman–Crippen LogP) is 9.16. The normalized spacial score (nSPS) is 10.6. The number of aryl methyl sites for hydroxylation is 2. The van der Waals surface area contributed by atoms with Crippen LogP contribution in [0.25, 0.3) is 65.3 Å². The van der Waals surface area contributed by atoms with E-state index in [0.717, 1.165) is 0 Å². The van der Waals surface area contributed by atoms with E-state index in [1.165, 1.54) is 76.5 Å². The van der Waals surface area contributed by atoms with Gasteiger partial charge < -0.3 is 12.4 Å². The molecule has 8 rings (SSSR count). The maximum Gasteiger partial charge on any atom is -0.0114 e. The van der Waals surface area contributed by atoms with Crippen LogP contribution in [-0.2, 0) is 23.3 Å². The Hall–Kier alpha value is -3.55. The molecule has 3 heteroatoms. The van der Waals surface area contributed by atoms with E-state index in [1.807, 2.05) is 0 Å². The maximum atomic E-state index is 2.31. The Labute approximate surface area is 288 Å². The summed E-state index contributed by atoms with van der Waals surface area (Å²) < 4.78 is 0. The summed E-state index contributed by atoms with van der Waals surface area (Å²) in [4.78, 5) is 0. The van der Waals surface area contributed by atoms with Crippen molar-refractivity contribution in [3.05, 3.63) is 157 Å². The fourth-order valence-electron chi connectivity index (χ4n) is 6.16. The molecule has 0 amide bonds. The van der Waals surface area contributed by atoms with Crippen molar-refractivity contribution in [2.75, 3.05) is 0 Å². The van der Waals surface area contributed by atoms with Gasteiger partial charge in [-0.25, -0.2) is 0 Å². The summed E-state index contributed by atoms with van der Waals surface area (Å²) in [5.74, 6) is 0. The van der Waals surface area contributed by atoms with Crippen LogP contribution in [0, 0.1) is 13.8 Å². The molecule has 0 spiro atoms. The Kier molecular flexibility index (Phi) is 10.7. The van der Waals surface area contributed by atoms with Gasteiger partial charge in [-0.15, -0.1) is 69.1 Å². The summed E-state index contributed by atoms with van der Waals surface area (Å²) in [6, 6.07) is 52.5. The molecule has 0 N–H and O–H groups in total. The monoisotopic (exact) mass is 693 g/mol. The molecule has 0 fully saturated rings. The van der Waals surface area contributed by atoms with Crippen molar-refractivity contribution in [3.63, 3.8) is 0 Å². The quantitative estimate of drug-likeness (QED) is 0.125. The standard InChI is InChI=1S/2C20H15.C2H6Si.ClH.Zr/c2*1-14-12-16-8-5-11-19(20(16)13-14)18-10-4-7-15-6-2-3-9-17(15)18;1-3-2;;/h2*2-13H,1H3;1-2H3;1H;/q2*-1;;;/p-1. The topological polar surface area (TPSA) is 0 Å². The van der Waals surface area contributed by atoms with Gasteiger partial charge in [0, 0.05) is 0 Å². The summed E-state index contributed by atoms with van der Waals surface area (Å²) in [6.07, 6.45) is 0. The van der Waals surface area contributed by atoms with Crippen LogP contribution < -0.4 is 12.4 Å².